The molecule has 0 heterocycles. The van der Waals surface area contributed by atoms with Crippen LogP contribution in [0.1, 0.15) is 50.5 Å². The number of esters is 1. The molecule has 1 saturated carbocycles. The zero-order valence-corrected chi connectivity index (χ0v) is 16.0. The lowest BCUT2D eigenvalue weighted by Crippen LogP contribution is -2.57. The minimum absolute atomic E-state index is 0.204. The monoisotopic (exact) mass is 444 g/mol. The average molecular weight is 444 g/mol. The van der Waals surface area contributed by atoms with Crippen molar-refractivity contribution in [2.24, 2.45) is 0 Å². The van der Waals surface area contributed by atoms with Crippen molar-refractivity contribution < 1.29 is 45.4 Å². The van der Waals surface area contributed by atoms with Crippen LogP contribution in [0.15, 0.2) is 30.3 Å². The van der Waals surface area contributed by atoms with Gasteiger partial charge in [-0.05, 0) is 44.1 Å². The first kappa shape index (κ1) is 24.4. The lowest BCUT2D eigenvalue weighted by molar-refractivity contribution is -0.361. The summed E-state index contributed by atoms with van der Waals surface area (Å²) < 4.78 is 97.4. The zero-order valence-electron chi connectivity index (χ0n) is 16.0. The van der Waals surface area contributed by atoms with Gasteiger partial charge in [0.05, 0.1) is 6.42 Å². The Bertz CT molecular complexity index is 700. The van der Waals surface area contributed by atoms with Gasteiger partial charge >= 0.3 is 24.0 Å². The van der Waals surface area contributed by atoms with Crippen molar-refractivity contribution in [2.75, 3.05) is 0 Å². The van der Waals surface area contributed by atoms with Crippen molar-refractivity contribution >= 4 is 5.97 Å². The van der Waals surface area contributed by atoms with Gasteiger partial charge in [0.15, 0.2) is 5.60 Å². The molecule has 1 fully saturated rings. The van der Waals surface area contributed by atoms with Crippen molar-refractivity contribution in [1.29, 1.82) is 0 Å². The number of rotatable bonds is 8. The maximum absolute atomic E-state index is 14.0. The average Bonchev–Trinajstić information content (AvgIpc) is 2.66. The fraction of sp³-hybridized carbons (Fsp3) is 0.650. The van der Waals surface area contributed by atoms with Gasteiger partial charge in [0.1, 0.15) is 6.10 Å². The van der Waals surface area contributed by atoms with Gasteiger partial charge in [-0.15, -0.1) is 0 Å². The molecule has 170 valence electrons. The number of aliphatic hydroxyl groups is 1. The van der Waals surface area contributed by atoms with Crippen molar-refractivity contribution in [3.63, 3.8) is 0 Å². The van der Waals surface area contributed by atoms with E-state index in [1.165, 1.54) is 12.1 Å². The molecule has 0 saturated heterocycles. The highest BCUT2D eigenvalue weighted by molar-refractivity contribution is 5.79. The van der Waals surface area contributed by atoms with Crippen LogP contribution in [0.4, 0.5) is 30.7 Å². The summed E-state index contributed by atoms with van der Waals surface area (Å²) >= 11 is 0. The third-order valence-corrected chi connectivity index (χ3v) is 5.21. The predicted molar refractivity (Wildman–Crippen MR) is 93.2 cm³/mol. The first-order valence-electron chi connectivity index (χ1n) is 9.58. The summed E-state index contributed by atoms with van der Waals surface area (Å²) in [6.07, 6.45) is -7.64. The van der Waals surface area contributed by atoms with Crippen LogP contribution in [0.2, 0.25) is 0 Å². The van der Waals surface area contributed by atoms with Crippen LogP contribution in [0, 0.1) is 0 Å². The van der Waals surface area contributed by atoms with Crippen LogP contribution in [0.3, 0.4) is 0 Å². The predicted octanol–water partition coefficient (Wildman–Crippen LogP) is 5.45. The molecule has 1 aromatic rings. The number of carbonyl (C=O) groups is 1. The minimum Gasteiger partial charge on any atom is -0.460 e. The molecular formula is C20H23F7O3. The topological polar surface area (TPSA) is 46.5 Å². The smallest absolute Gasteiger partial charge is 0.459 e. The van der Waals surface area contributed by atoms with Gasteiger partial charge in [-0.25, -0.2) is 4.79 Å². The maximum Gasteiger partial charge on any atom is 0.459 e. The Labute approximate surface area is 169 Å². The number of aryl methyl sites for hydroxylation is 1. The largest absolute Gasteiger partial charge is 0.460 e. The van der Waals surface area contributed by atoms with Gasteiger partial charge in [-0.3, -0.25) is 0 Å². The van der Waals surface area contributed by atoms with E-state index in [-0.39, 0.29) is 6.42 Å². The number of benzene rings is 1. The zero-order chi connectivity index (χ0) is 22.6. The molecule has 1 N–H and O–H groups in total. The van der Waals surface area contributed by atoms with E-state index >= 15 is 0 Å². The Kier molecular flexibility index (Phi) is 7.42. The Morgan fingerprint density at radius 3 is 2.07 bits per heavy atom. The Balaban J connectivity index is 2.25. The van der Waals surface area contributed by atoms with E-state index in [1.807, 2.05) is 0 Å². The number of hydrogen-bond acceptors (Lipinski definition) is 3. The van der Waals surface area contributed by atoms with E-state index in [0.29, 0.717) is 31.2 Å². The summed E-state index contributed by atoms with van der Waals surface area (Å²) in [5.41, 5.74) is -2.74. The van der Waals surface area contributed by atoms with Crippen LogP contribution in [0.25, 0.3) is 0 Å². The molecule has 0 aromatic heterocycles. The van der Waals surface area contributed by atoms with E-state index in [1.54, 1.807) is 18.2 Å². The van der Waals surface area contributed by atoms with E-state index in [2.05, 4.69) is 0 Å². The standard InChI is InChI=1S/C20H23F7O3/c21-18(22,19(23,24)20(25,26)27)13-17(29,12-11-14-7-3-1-4-8-14)16(28)30-15-9-5-2-6-10-15/h1,3-4,7-8,15,29H,2,5-6,9-13H2. The lowest BCUT2D eigenvalue weighted by atomic mass is 9.86. The van der Waals surface area contributed by atoms with E-state index < -0.39 is 48.5 Å². The van der Waals surface area contributed by atoms with E-state index in [9.17, 15) is 40.6 Å². The third kappa shape index (κ3) is 5.65. The molecule has 3 nitrogen and oxygen atoms in total. The van der Waals surface area contributed by atoms with Crippen molar-refractivity contribution in [3.8, 4) is 0 Å². The van der Waals surface area contributed by atoms with Crippen molar-refractivity contribution in [2.45, 2.75) is 81.1 Å². The summed E-state index contributed by atoms with van der Waals surface area (Å²) in [5, 5.41) is 10.6. The quantitative estimate of drug-likeness (QED) is 0.429. The lowest BCUT2D eigenvalue weighted by Gasteiger charge is -2.35. The summed E-state index contributed by atoms with van der Waals surface area (Å²) in [7, 11) is 0. The minimum atomic E-state index is -6.55. The van der Waals surface area contributed by atoms with Gasteiger partial charge in [0, 0.05) is 0 Å². The molecule has 0 amide bonds. The number of halogens is 7. The highest BCUT2D eigenvalue weighted by Crippen LogP contribution is 2.50. The molecule has 1 aromatic carbocycles. The first-order chi connectivity index (χ1) is 13.8. The molecular weight excluding hydrogens is 421 g/mol. The highest BCUT2D eigenvalue weighted by Gasteiger charge is 2.74. The van der Waals surface area contributed by atoms with Gasteiger partial charge in [-0.2, -0.15) is 30.7 Å². The highest BCUT2D eigenvalue weighted by atomic mass is 19.4. The fourth-order valence-electron chi connectivity index (χ4n) is 3.39. The van der Waals surface area contributed by atoms with Crippen LogP contribution in [0.5, 0.6) is 0 Å². The van der Waals surface area contributed by atoms with Crippen LogP contribution in [-0.4, -0.2) is 40.8 Å². The molecule has 10 heteroatoms. The number of hydrogen-bond donors (Lipinski definition) is 1. The van der Waals surface area contributed by atoms with Crippen molar-refractivity contribution in [1.82, 2.24) is 0 Å². The van der Waals surface area contributed by atoms with Crippen molar-refractivity contribution in [3.05, 3.63) is 35.9 Å². The summed E-state index contributed by atoms with van der Waals surface area (Å²) in [6.45, 7) is 0. The van der Waals surface area contributed by atoms with Gasteiger partial charge in [0.2, 0.25) is 0 Å². The molecule has 1 atom stereocenters. The summed E-state index contributed by atoms with van der Waals surface area (Å²) in [4.78, 5) is 12.5. The molecule has 1 unspecified atom stereocenters. The molecule has 0 radical (unpaired) electrons. The normalized spacial score (nSPS) is 18.7. The SMILES string of the molecule is O=C(OC1CCCCC1)C(O)(CCc1ccccc1)CC(F)(F)C(F)(F)C(F)(F)F. The molecule has 0 aliphatic heterocycles. The number of alkyl halides is 7. The fourth-order valence-corrected chi connectivity index (χ4v) is 3.39. The van der Waals surface area contributed by atoms with Crippen LogP contribution < -0.4 is 0 Å². The van der Waals surface area contributed by atoms with Crippen LogP contribution in [-0.2, 0) is 16.0 Å². The van der Waals surface area contributed by atoms with Crippen LogP contribution >= 0.6 is 0 Å². The second-order valence-corrected chi connectivity index (χ2v) is 7.64. The Hall–Kier alpha value is -1.84. The summed E-state index contributed by atoms with van der Waals surface area (Å²) in [6, 6.07) is 7.89. The molecule has 0 bridgehead atoms. The maximum atomic E-state index is 14.0. The Morgan fingerprint density at radius 2 is 1.53 bits per heavy atom. The Morgan fingerprint density at radius 1 is 0.967 bits per heavy atom. The molecule has 30 heavy (non-hydrogen) atoms. The van der Waals surface area contributed by atoms with Gasteiger partial charge in [-0.1, -0.05) is 36.8 Å². The second-order valence-electron chi connectivity index (χ2n) is 7.64. The van der Waals surface area contributed by atoms with E-state index in [4.69, 9.17) is 4.74 Å². The van der Waals surface area contributed by atoms with E-state index in [0.717, 1.165) is 6.42 Å². The van der Waals surface area contributed by atoms with Gasteiger partial charge < -0.3 is 9.84 Å². The second kappa shape index (κ2) is 9.11. The molecule has 1 aliphatic carbocycles. The first-order valence-corrected chi connectivity index (χ1v) is 9.58. The van der Waals surface area contributed by atoms with Gasteiger partial charge in [0.25, 0.3) is 0 Å². The number of carbonyl (C=O) groups excluding carboxylic acids is 1. The molecule has 0 spiro atoms. The summed E-state index contributed by atoms with van der Waals surface area (Å²) in [5.74, 6) is -13.8. The molecule has 2 rings (SSSR count). The number of ether oxygens (including phenoxy) is 1. The molecule has 1 aliphatic rings. The third-order valence-electron chi connectivity index (χ3n) is 5.21.